The van der Waals surface area contributed by atoms with Gasteiger partial charge in [-0.2, -0.15) is 0 Å². The first-order chi connectivity index (χ1) is 11.0. The van der Waals surface area contributed by atoms with Crippen LogP contribution < -0.4 is 15.5 Å². The minimum atomic E-state index is -0.844. The van der Waals surface area contributed by atoms with Crippen molar-refractivity contribution in [2.75, 3.05) is 23.3 Å². The normalized spacial score (nSPS) is 13.8. The van der Waals surface area contributed by atoms with Gasteiger partial charge >= 0.3 is 6.03 Å². The van der Waals surface area contributed by atoms with E-state index in [0.717, 1.165) is 12.1 Å². The van der Waals surface area contributed by atoms with Crippen LogP contribution in [-0.2, 0) is 0 Å². The zero-order chi connectivity index (χ0) is 16.4. The van der Waals surface area contributed by atoms with E-state index in [9.17, 15) is 18.4 Å². The van der Waals surface area contributed by atoms with Gasteiger partial charge in [-0.1, -0.05) is 0 Å². The number of carbonyl (C=O) groups excluding carboxylic acids is 2. The van der Waals surface area contributed by atoms with Gasteiger partial charge in [0.1, 0.15) is 11.6 Å². The molecule has 5 nitrogen and oxygen atoms in total. The fourth-order valence-electron chi connectivity index (χ4n) is 2.30. The van der Waals surface area contributed by atoms with Gasteiger partial charge in [0, 0.05) is 30.4 Å². The standard InChI is InChI=1S/C16H13F2N3O2/c17-11-3-6-14(13(18)9-11)20-15(22)10-1-4-12(5-2-10)21-8-7-19-16(21)23/h1-6,9H,7-8H2,(H,19,23)(H,20,22). The lowest BCUT2D eigenvalue weighted by Crippen LogP contribution is -2.27. The number of nitrogens with zero attached hydrogens (tertiary/aromatic N) is 1. The highest BCUT2D eigenvalue weighted by Gasteiger charge is 2.21. The van der Waals surface area contributed by atoms with Crippen LogP contribution in [0.15, 0.2) is 42.5 Å². The van der Waals surface area contributed by atoms with Gasteiger partial charge in [0.25, 0.3) is 5.91 Å². The van der Waals surface area contributed by atoms with E-state index >= 15 is 0 Å². The zero-order valence-corrected chi connectivity index (χ0v) is 12.0. The van der Waals surface area contributed by atoms with Gasteiger partial charge in [-0.15, -0.1) is 0 Å². The number of hydrogen-bond acceptors (Lipinski definition) is 2. The van der Waals surface area contributed by atoms with Gasteiger partial charge in [-0.3, -0.25) is 9.69 Å². The van der Waals surface area contributed by atoms with Gasteiger partial charge in [0.15, 0.2) is 0 Å². The maximum absolute atomic E-state index is 13.5. The van der Waals surface area contributed by atoms with Crippen molar-refractivity contribution in [3.8, 4) is 0 Å². The summed E-state index contributed by atoms with van der Waals surface area (Å²) in [4.78, 5) is 25.2. The summed E-state index contributed by atoms with van der Waals surface area (Å²) >= 11 is 0. The molecule has 0 bridgehead atoms. The Morgan fingerprint density at radius 3 is 2.48 bits per heavy atom. The fraction of sp³-hybridized carbons (Fsp3) is 0.125. The molecule has 23 heavy (non-hydrogen) atoms. The van der Waals surface area contributed by atoms with Gasteiger partial charge in [0.05, 0.1) is 5.69 Å². The third-order valence-corrected chi connectivity index (χ3v) is 3.48. The molecular formula is C16H13F2N3O2. The number of rotatable bonds is 3. The first-order valence-electron chi connectivity index (χ1n) is 6.96. The number of urea groups is 1. The van der Waals surface area contributed by atoms with Gasteiger partial charge in [0.2, 0.25) is 0 Å². The third-order valence-electron chi connectivity index (χ3n) is 3.48. The molecule has 1 saturated heterocycles. The van der Waals surface area contributed by atoms with E-state index in [-0.39, 0.29) is 11.7 Å². The van der Waals surface area contributed by atoms with Crippen LogP contribution in [0.25, 0.3) is 0 Å². The van der Waals surface area contributed by atoms with Crippen LogP contribution in [0.1, 0.15) is 10.4 Å². The molecule has 3 amide bonds. The fourth-order valence-corrected chi connectivity index (χ4v) is 2.30. The summed E-state index contributed by atoms with van der Waals surface area (Å²) in [5.74, 6) is -2.08. The summed E-state index contributed by atoms with van der Waals surface area (Å²) in [5.41, 5.74) is 0.876. The number of carbonyl (C=O) groups is 2. The summed E-state index contributed by atoms with van der Waals surface area (Å²) in [5, 5.41) is 5.06. The molecule has 0 spiro atoms. The van der Waals surface area contributed by atoms with E-state index in [1.54, 1.807) is 17.0 Å². The maximum atomic E-state index is 13.5. The zero-order valence-electron chi connectivity index (χ0n) is 12.0. The van der Waals surface area contributed by atoms with E-state index < -0.39 is 17.5 Å². The number of anilines is 2. The molecule has 118 valence electrons. The second kappa shape index (κ2) is 6.04. The van der Waals surface area contributed by atoms with E-state index in [1.807, 2.05) is 0 Å². The lowest BCUT2D eigenvalue weighted by Gasteiger charge is -2.14. The van der Waals surface area contributed by atoms with E-state index in [1.165, 1.54) is 12.1 Å². The Morgan fingerprint density at radius 2 is 1.87 bits per heavy atom. The summed E-state index contributed by atoms with van der Waals surface area (Å²) in [6.45, 7) is 1.14. The van der Waals surface area contributed by atoms with Gasteiger partial charge in [-0.05, 0) is 36.4 Å². The van der Waals surface area contributed by atoms with E-state index in [0.29, 0.717) is 30.4 Å². The summed E-state index contributed by atoms with van der Waals surface area (Å²) in [7, 11) is 0. The Morgan fingerprint density at radius 1 is 1.13 bits per heavy atom. The number of amides is 3. The Kier molecular flexibility index (Phi) is 3.92. The average Bonchev–Trinajstić information content (AvgIpc) is 2.96. The first kappa shape index (κ1) is 15.0. The molecule has 2 N–H and O–H groups in total. The number of halogens is 2. The molecule has 0 unspecified atom stereocenters. The van der Waals surface area contributed by atoms with Crippen LogP contribution in [0.2, 0.25) is 0 Å². The molecule has 2 aromatic rings. The molecule has 0 atom stereocenters. The van der Waals surface area contributed by atoms with Crippen molar-refractivity contribution in [2.45, 2.75) is 0 Å². The Balaban J connectivity index is 1.74. The van der Waals surface area contributed by atoms with Crippen molar-refractivity contribution in [1.29, 1.82) is 0 Å². The minimum Gasteiger partial charge on any atom is -0.336 e. The predicted octanol–water partition coefficient (Wildman–Crippen LogP) is 2.75. The highest BCUT2D eigenvalue weighted by atomic mass is 19.1. The Labute approximate surface area is 130 Å². The van der Waals surface area contributed by atoms with Crippen LogP contribution in [0, 0.1) is 11.6 Å². The molecule has 1 heterocycles. The topological polar surface area (TPSA) is 61.4 Å². The van der Waals surface area contributed by atoms with Crippen molar-refractivity contribution < 1.29 is 18.4 Å². The molecule has 0 aliphatic carbocycles. The smallest absolute Gasteiger partial charge is 0.321 e. The second-order valence-electron chi connectivity index (χ2n) is 5.01. The molecular weight excluding hydrogens is 304 g/mol. The van der Waals surface area contributed by atoms with Crippen molar-refractivity contribution in [3.63, 3.8) is 0 Å². The molecule has 0 radical (unpaired) electrons. The van der Waals surface area contributed by atoms with Crippen LogP contribution in [0.4, 0.5) is 25.0 Å². The second-order valence-corrected chi connectivity index (χ2v) is 5.01. The van der Waals surface area contributed by atoms with Crippen LogP contribution in [0.3, 0.4) is 0 Å². The number of benzene rings is 2. The SMILES string of the molecule is O=C(Nc1ccc(F)cc1F)c1ccc(N2CCNC2=O)cc1. The van der Waals surface area contributed by atoms with Crippen molar-refractivity contribution in [2.24, 2.45) is 0 Å². The quantitative estimate of drug-likeness (QED) is 0.914. The minimum absolute atomic E-state index is 0.0978. The van der Waals surface area contributed by atoms with Crippen LogP contribution in [0.5, 0.6) is 0 Å². The van der Waals surface area contributed by atoms with E-state index in [2.05, 4.69) is 10.6 Å². The van der Waals surface area contributed by atoms with Crippen molar-refractivity contribution in [1.82, 2.24) is 5.32 Å². The van der Waals surface area contributed by atoms with Crippen molar-refractivity contribution >= 4 is 23.3 Å². The Bertz CT molecular complexity index is 762. The van der Waals surface area contributed by atoms with Gasteiger partial charge < -0.3 is 10.6 Å². The Hall–Kier alpha value is -2.96. The molecule has 1 fully saturated rings. The molecule has 3 rings (SSSR count). The maximum Gasteiger partial charge on any atom is 0.321 e. The third kappa shape index (κ3) is 3.13. The molecule has 7 heteroatoms. The molecule has 1 aliphatic rings. The molecule has 2 aromatic carbocycles. The molecule has 0 aromatic heterocycles. The number of hydrogen-bond donors (Lipinski definition) is 2. The molecule has 0 saturated carbocycles. The van der Waals surface area contributed by atoms with Crippen molar-refractivity contribution in [3.05, 3.63) is 59.7 Å². The summed E-state index contributed by atoms with van der Waals surface area (Å²) in [6, 6.07) is 9.09. The van der Waals surface area contributed by atoms with Gasteiger partial charge in [-0.25, -0.2) is 13.6 Å². The summed E-state index contributed by atoms with van der Waals surface area (Å²) < 4.78 is 26.4. The van der Waals surface area contributed by atoms with Crippen LogP contribution >= 0.6 is 0 Å². The molecule has 1 aliphatic heterocycles. The average molecular weight is 317 g/mol. The lowest BCUT2D eigenvalue weighted by atomic mass is 10.1. The number of nitrogens with one attached hydrogen (secondary N) is 2. The predicted molar refractivity (Wildman–Crippen MR) is 81.5 cm³/mol. The lowest BCUT2D eigenvalue weighted by molar-refractivity contribution is 0.102. The summed E-state index contributed by atoms with van der Waals surface area (Å²) in [6.07, 6.45) is 0. The highest BCUT2D eigenvalue weighted by molar-refractivity contribution is 6.04. The van der Waals surface area contributed by atoms with E-state index in [4.69, 9.17) is 0 Å². The first-order valence-corrected chi connectivity index (χ1v) is 6.96. The highest BCUT2D eigenvalue weighted by Crippen LogP contribution is 2.19. The largest absolute Gasteiger partial charge is 0.336 e. The van der Waals surface area contributed by atoms with Crippen LogP contribution in [-0.4, -0.2) is 25.0 Å². The monoisotopic (exact) mass is 317 g/mol.